The maximum atomic E-state index is 5.69. The summed E-state index contributed by atoms with van der Waals surface area (Å²) in [6.45, 7) is 5.13. The van der Waals surface area contributed by atoms with E-state index in [1.54, 1.807) is 11.3 Å². The third kappa shape index (κ3) is 3.70. The Hall–Kier alpha value is -1.09. The summed E-state index contributed by atoms with van der Waals surface area (Å²) in [6, 6.07) is 12.6. The third-order valence-corrected chi connectivity index (χ3v) is 3.45. The first kappa shape index (κ1) is 12.4. The molecule has 0 bridgehead atoms. The van der Waals surface area contributed by atoms with Gasteiger partial charge in [-0.2, -0.15) is 0 Å². The molecule has 1 aromatic heterocycles. The zero-order valence-corrected chi connectivity index (χ0v) is 11.0. The van der Waals surface area contributed by atoms with Gasteiger partial charge in [-0.25, -0.2) is 0 Å². The van der Waals surface area contributed by atoms with Crippen molar-refractivity contribution in [1.82, 2.24) is 5.32 Å². The lowest BCUT2D eigenvalue weighted by molar-refractivity contribution is 0.765. The second-order valence-electron chi connectivity index (χ2n) is 3.79. The summed E-state index contributed by atoms with van der Waals surface area (Å²) in [5.41, 5.74) is 2.54. The van der Waals surface area contributed by atoms with Gasteiger partial charge in [0.1, 0.15) is 0 Å². The van der Waals surface area contributed by atoms with E-state index in [2.05, 4.69) is 47.6 Å². The monoisotopic (exact) mass is 263 g/mol. The Kier molecular flexibility index (Phi) is 4.37. The topological polar surface area (TPSA) is 12.0 Å². The molecule has 0 amide bonds. The van der Waals surface area contributed by atoms with Crippen LogP contribution in [0.1, 0.15) is 4.88 Å². The Bertz CT molecular complexity index is 490. The van der Waals surface area contributed by atoms with Gasteiger partial charge in [-0.05, 0) is 22.6 Å². The summed E-state index contributed by atoms with van der Waals surface area (Å²) in [5, 5.41) is 6.07. The van der Waals surface area contributed by atoms with Gasteiger partial charge < -0.3 is 5.32 Å². The summed E-state index contributed by atoms with van der Waals surface area (Å²) >= 11 is 7.45. The van der Waals surface area contributed by atoms with Crippen LogP contribution in [-0.2, 0) is 6.54 Å². The second kappa shape index (κ2) is 6.01. The van der Waals surface area contributed by atoms with Gasteiger partial charge in [0.05, 0.1) is 0 Å². The Morgan fingerprint density at radius 1 is 1.24 bits per heavy atom. The molecule has 1 heterocycles. The summed E-state index contributed by atoms with van der Waals surface area (Å²) in [4.78, 5) is 1.31. The number of nitrogens with one attached hydrogen (secondary N) is 1. The van der Waals surface area contributed by atoms with Crippen LogP contribution in [0.3, 0.4) is 0 Å². The van der Waals surface area contributed by atoms with Crippen LogP contribution in [0, 0.1) is 0 Å². The summed E-state index contributed by atoms with van der Waals surface area (Å²) < 4.78 is 0. The Labute approximate surface area is 111 Å². The first-order chi connectivity index (χ1) is 8.25. The molecule has 2 aromatic rings. The van der Waals surface area contributed by atoms with Gasteiger partial charge in [0.25, 0.3) is 0 Å². The Morgan fingerprint density at radius 3 is 2.71 bits per heavy atom. The predicted molar refractivity (Wildman–Crippen MR) is 76.5 cm³/mol. The second-order valence-corrected chi connectivity index (χ2v) is 5.32. The molecule has 3 heteroatoms. The number of hydrogen-bond acceptors (Lipinski definition) is 2. The zero-order chi connectivity index (χ0) is 12.1. The lowest BCUT2D eigenvalue weighted by Gasteiger charge is -2.00. The van der Waals surface area contributed by atoms with Gasteiger partial charge in [-0.1, -0.05) is 48.5 Å². The highest BCUT2D eigenvalue weighted by Gasteiger charge is 2.01. The van der Waals surface area contributed by atoms with Crippen molar-refractivity contribution >= 4 is 22.9 Å². The maximum Gasteiger partial charge on any atom is 0.0310 e. The first-order valence-corrected chi connectivity index (χ1v) is 6.68. The molecule has 0 aliphatic carbocycles. The molecule has 17 heavy (non-hydrogen) atoms. The molecule has 0 saturated carbocycles. The minimum absolute atomic E-state index is 0.643. The molecule has 0 radical (unpaired) electrons. The number of halogens is 1. The number of benzene rings is 1. The highest BCUT2D eigenvalue weighted by molar-refractivity contribution is 7.10. The van der Waals surface area contributed by atoms with Gasteiger partial charge in [0.15, 0.2) is 0 Å². The molecular weight excluding hydrogens is 250 g/mol. The zero-order valence-electron chi connectivity index (χ0n) is 9.45. The van der Waals surface area contributed by atoms with Crippen LogP contribution in [0.15, 0.2) is 53.4 Å². The average molecular weight is 264 g/mol. The average Bonchev–Trinajstić information content (AvgIpc) is 2.78. The van der Waals surface area contributed by atoms with E-state index in [0.717, 1.165) is 6.54 Å². The molecule has 0 unspecified atom stereocenters. The predicted octanol–water partition coefficient (Wildman–Crippen LogP) is 4.26. The smallest absolute Gasteiger partial charge is 0.0310 e. The summed E-state index contributed by atoms with van der Waals surface area (Å²) in [6.07, 6.45) is 0. The maximum absolute atomic E-state index is 5.69. The molecule has 0 aliphatic rings. The van der Waals surface area contributed by atoms with Crippen molar-refractivity contribution in [3.63, 3.8) is 0 Å². The molecule has 1 nitrogen and oxygen atoms in total. The van der Waals surface area contributed by atoms with E-state index >= 15 is 0 Å². The van der Waals surface area contributed by atoms with Crippen molar-refractivity contribution in [3.8, 4) is 11.1 Å². The standard InChI is InChI=1S/C14H14ClNS/c1-11(15)8-16-9-14-7-13(10-17-14)12-5-3-2-4-6-12/h2-7,10,16H,1,8-9H2. The first-order valence-electron chi connectivity index (χ1n) is 5.42. The van der Waals surface area contributed by atoms with Crippen LogP contribution < -0.4 is 5.32 Å². The molecular formula is C14H14ClNS. The fourth-order valence-corrected chi connectivity index (χ4v) is 2.53. The number of thiophene rings is 1. The molecule has 1 N–H and O–H groups in total. The van der Waals surface area contributed by atoms with Crippen molar-refractivity contribution in [2.45, 2.75) is 6.54 Å². The molecule has 0 saturated heterocycles. The van der Waals surface area contributed by atoms with Crippen molar-refractivity contribution in [2.75, 3.05) is 6.54 Å². The van der Waals surface area contributed by atoms with Gasteiger partial charge in [-0.15, -0.1) is 11.3 Å². The van der Waals surface area contributed by atoms with Crippen LogP contribution in [0.5, 0.6) is 0 Å². The van der Waals surface area contributed by atoms with Crippen LogP contribution in [0.4, 0.5) is 0 Å². The Morgan fingerprint density at radius 2 is 2.00 bits per heavy atom. The van der Waals surface area contributed by atoms with E-state index in [1.807, 2.05) is 6.07 Å². The van der Waals surface area contributed by atoms with E-state index in [9.17, 15) is 0 Å². The molecule has 0 fully saturated rings. The SMILES string of the molecule is C=C(Cl)CNCc1cc(-c2ccccc2)cs1. The third-order valence-electron chi connectivity index (χ3n) is 2.38. The minimum atomic E-state index is 0.643. The number of rotatable bonds is 5. The van der Waals surface area contributed by atoms with E-state index in [-0.39, 0.29) is 0 Å². The molecule has 2 rings (SSSR count). The van der Waals surface area contributed by atoms with Gasteiger partial charge in [0.2, 0.25) is 0 Å². The fourth-order valence-electron chi connectivity index (χ4n) is 1.58. The number of hydrogen-bond donors (Lipinski definition) is 1. The van der Waals surface area contributed by atoms with Crippen LogP contribution in [0.25, 0.3) is 11.1 Å². The van der Waals surface area contributed by atoms with Gasteiger partial charge in [-0.3, -0.25) is 0 Å². The van der Waals surface area contributed by atoms with Crippen molar-refractivity contribution < 1.29 is 0 Å². The molecule has 0 atom stereocenters. The largest absolute Gasteiger partial charge is 0.307 e. The minimum Gasteiger partial charge on any atom is -0.307 e. The highest BCUT2D eigenvalue weighted by atomic mass is 35.5. The van der Waals surface area contributed by atoms with Crippen molar-refractivity contribution in [1.29, 1.82) is 0 Å². The van der Waals surface area contributed by atoms with E-state index in [0.29, 0.717) is 11.6 Å². The van der Waals surface area contributed by atoms with Gasteiger partial charge >= 0.3 is 0 Å². The van der Waals surface area contributed by atoms with E-state index < -0.39 is 0 Å². The van der Waals surface area contributed by atoms with Gasteiger partial charge in [0, 0.05) is 23.0 Å². The summed E-state index contributed by atoms with van der Waals surface area (Å²) in [5.74, 6) is 0. The molecule has 88 valence electrons. The quantitative estimate of drug-likeness (QED) is 0.850. The lowest BCUT2D eigenvalue weighted by Crippen LogP contribution is -2.13. The highest BCUT2D eigenvalue weighted by Crippen LogP contribution is 2.25. The van der Waals surface area contributed by atoms with Crippen LogP contribution in [0.2, 0.25) is 0 Å². The fraction of sp³-hybridized carbons (Fsp3) is 0.143. The summed E-state index contributed by atoms with van der Waals surface area (Å²) in [7, 11) is 0. The van der Waals surface area contributed by atoms with E-state index in [4.69, 9.17) is 11.6 Å². The molecule has 0 spiro atoms. The van der Waals surface area contributed by atoms with Crippen LogP contribution >= 0.6 is 22.9 Å². The normalized spacial score (nSPS) is 10.4. The lowest BCUT2D eigenvalue weighted by atomic mass is 10.1. The Balaban J connectivity index is 1.99. The van der Waals surface area contributed by atoms with Crippen LogP contribution in [-0.4, -0.2) is 6.54 Å². The van der Waals surface area contributed by atoms with E-state index in [1.165, 1.54) is 16.0 Å². The molecule has 1 aromatic carbocycles. The van der Waals surface area contributed by atoms with Crippen molar-refractivity contribution in [2.24, 2.45) is 0 Å². The van der Waals surface area contributed by atoms with Crippen molar-refractivity contribution in [3.05, 3.63) is 58.3 Å². The molecule has 0 aliphatic heterocycles.